The lowest BCUT2D eigenvalue weighted by molar-refractivity contribution is 0.397. The van der Waals surface area contributed by atoms with Gasteiger partial charge in [0.15, 0.2) is 0 Å². The zero-order chi connectivity index (χ0) is 14.2. The van der Waals surface area contributed by atoms with Crippen molar-refractivity contribution >= 4 is 22.5 Å². The molecule has 0 N–H and O–H groups in total. The first-order valence-electron chi connectivity index (χ1n) is 6.21. The van der Waals surface area contributed by atoms with Crippen molar-refractivity contribution in [3.63, 3.8) is 0 Å². The van der Waals surface area contributed by atoms with Crippen LogP contribution in [0.15, 0.2) is 12.1 Å². The van der Waals surface area contributed by atoms with Gasteiger partial charge in [0.2, 0.25) is 0 Å². The number of nitrogens with zero attached hydrogens (tertiary/aromatic N) is 1. The lowest BCUT2D eigenvalue weighted by atomic mass is 9.99. The highest BCUT2D eigenvalue weighted by molar-refractivity contribution is 6.36. The van der Waals surface area contributed by atoms with Gasteiger partial charge in [0.25, 0.3) is 0 Å². The Morgan fingerprint density at radius 2 is 1.84 bits per heavy atom. The van der Waals surface area contributed by atoms with E-state index >= 15 is 0 Å². The van der Waals surface area contributed by atoms with E-state index in [1.54, 1.807) is 14.2 Å². The monoisotopic (exact) mass is 279 g/mol. The van der Waals surface area contributed by atoms with E-state index in [2.05, 4.69) is 18.8 Å². The molecular formula is C15H18ClNO2. The molecule has 2 aromatic rings. The number of aromatic nitrogens is 1. The summed E-state index contributed by atoms with van der Waals surface area (Å²) in [5.74, 6) is 1.71. The van der Waals surface area contributed by atoms with Crippen molar-refractivity contribution in [3.8, 4) is 11.5 Å². The number of fused-ring (bicyclic) bond motifs is 1. The van der Waals surface area contributed by atoms with Crippen molar-refractivity contribution in [3.05, 3.63) is 28.4 Å². The van der Waals surface area contributed by atoms with Gasteiger partial charge in [0.1, 0.15) is 17.0 Å². The molecule has 1 aromatic heterocycles. The molecule has 0 saturated heterocycles. The Bertz CT molecular complexity index is 623. The Hall–Kier alpha value is -1.48. The van der Waals surface area contributed by atoms with Gasteiger partial charge in [0.05, 0.1) is 19.2 Å². The number of methoxy groups -OCH3 is 2. The molecule has 0 aliphatic heterocycles. The molecule has 0 radical (unpaired) electrons. The number of ether oxygens (including phenoxy) is 2. The summed E-state index contributed by atoms with van der Waals surface area (Å²) in [6, 6.07) is 3.72. The molecular weight excluding hydrogens is 262 g/mol. The number of halogens is 1. The molecule has 0 unspecified atom stereocenters. The van der Waals surface area contributed by atoms with E-state index in [-0.39, 0.29) is 0 Å². The van der Waals surface area contributed by atoms with E-state index in [9.17, 15) is 0 Å². The fourth-order valence-corrected chi connectivity index (χ4v) is 2.84. The van der Waals surface area contributed by atoms with Gasteiger partial charge in [-0.2, -0.15) is 0 Å². The molecule has 0 bridgehead atoms. The molecule has 0 fully saturated rings. The van der Waals surface area contributed by atoms with E-state index in [1.165, 1.54) is 0 Å². The summed E-state index contributed by atoms with van der Waals surface area (Å²) in [5.41, 5.74) is 2.79. The molecule has 0 atom stereocenters. The van der Waals surface area contributed by atoms with Gasteiger partial charge in [0, 0.05) is 17.1 Å². The number of rotatable bonds is 3. The normalized spacial score (nSPS) is 11.1. The second-order valence-corrected chi connectivity index (χ2v) is 5.18. The quantitative estimate of drug-likeness (QED) is 0.838. The van der Waals surface area contributed by atoms with Crippen LogP contribution in [0.2, 0.25) is 5.02 Å². The lowest BCUT2D eigenvalue weighted by Crippen LogP contribution is -2.00. The maximum atomic E-state index is 6.55. The number of hydrogen-bond donors (Lipinski definition) is 0. The van der Waals surface area contributed by atoms with Crippen LogP contribution in [0.3, 0.4) is 0 Å². The molecule has 0 amide bonds. The minimum atomic E-state index is 0.321. The summed E-state index contributed by atoms with van der Waals surface area (Å²) in [7, 11) is 3.25. The van der Waals surface area contributed by atoms with Crippen molar-refractivity contribution < 1.29 is 9.47 Å². The van der Waals surface area contributed by atoms with Crippen LogP contribution in [0.5, 0.6) is 11.5 Å². The minimum absolute atomic E-state index is 0.321. The topological polar surface area (TPSA) is 31.4 Å². The summed E-state index contributed by atoms with van der Waals surface area (Å²) in [4.78, 5) is 4.64. The molecule has 3 nitrogen and oxygen atoms in total. The molecule has 0 aliphatic rings. The number of hydrogen-bond acceptors (Lipinski definition) is 3. The van der Waals surface area contributed by atoms with Crippen molar-refractivity contribution in [1.29, 1.82) is 0 Å². The van der Waals surface area contributed by atoms with Crippen LogP contribution in [0, 0.1) is 6.92 Å². The molecule has 0 spiro atoms. The van der Waals surface area contributed by atoms with Crippen LogP contribution in [0.1, 0.15) is 31.0 Å². The van der Waals surface area contributed by atoms with Crippen LogP contribution >= 0.6 is 11.6 Å². The average Bonchev–Trinajstić information content (AvgIpc) is 2.37. The van der Waals surface area contributed by atoms with E-state index in [1.807, 2.05) is 19.1 Å². The Morgan fingerprint density at radius 3 is 2.37 bits per heavy atom. The largest absolute Gasteiger partial charge is 0.497 e. The number of benzene rings is 1. The second kappa shape index (κ2) is 5.25. The first kappa shape index (κ1) is 13.9. The number of aryl methyl sites for hydroxylation is 1. The maximum absolute atomic E-state index is 6.55. The van der Waals surface area contributed by atoms with Crippen molar-refractivity contribution in [1.82, 2.24) is 4.98 Å². The van der Waals surface area contributed by atoms with Gasteiger partial charge in [-0.05, 0) is 24.5 Å². The van der Waals surface area contributed by atoms with Crippen LogP contribution in [0.25, 0.3) is 10.9 Å². The maximum Gasteiger partial charge on any atom is 0.148 e. The average molecular weight is 280 g/mol. The first-order chi connectivity index (χ1) is 8.99. The third-order valence-electron chi connectivity index (χ3n) is 3.22. The summed E-state index contributed by atoms with van der Waals surface area (Å²) in [6.45, 7) is 6.20. The van der Waals surface area contributed by atoms with E-state index < -0.39 is 0 Å². The number of pyridine rings is 1. The van der Waals surface area contributed by atoms with Gasteiger partial charge in [-0.3, -0.25) is 0 Å². The zero-order valence-electron chi connectivity index (χ0n) is 11.9. The van der Waals surface area contributed by atoms with Gasteiger partial charge in [-0.15, -0.1) is 0 Å². The Balaban J connectivity index is 2.88. The highest BCUT2D eigenvalue weighted by atomic mass is 35.5. The van der Waals surface area contributed by atoms with Gasteiger partial charge in [-0.25, -0.2) is 4.98 Å². The lowest BCUT2D eigenvalue weighted by Gasteiger charge is -2.16. The summed E-state index contributed by atoms with van der Waals surface area (Å²) in [5, 5.41) is 1.60. The second-order valence-electron chi connectivity index (χ2n) is 4.81. The highest BCUT2D eigenvalue weighted by Crippen LogP contribution is 2.38. The van der Waals surface area contributed by atoms with E-state index in [0.29, 0.717) is 17.4 Å². The standard InChI is InChI=1S/C15H18ClNO2/c1-8(2)13-9(3)17-15-11(14(13)16)6-10(18-4)7-12(15)19-5/h6-8H,1-5H3. The van der Waals surface area contributed by atoms with Gasteiger partial charge >= 0.3 is 0 Å². The smallest absolute Gasteiger partial charge is 0.148 e. The summed E-state index contributed by atoms with van der Waals surface area (Å²) < 4.78 is 10.7. The highest BCUT2D eigenvalue weighted by Gasteiger charge is 2.17. The molecule has 1 aromatic carbocycles. The van der Waals surface area contributed by atoms with Crippen molar-refractivity contribution in [2.75, 3.05) is 14.2 Å². The van der Waals surface area contributed by atoms with Gasteiger partial charge < -0.3 is 9.47 Å². The third-order valence-corrected chi connectivity index (χ3v) is 3.63. The first-order valence-corrected chi connectivity index (χ1v) is 6.59. The molecule has 4 heteroatoms. The van der Waals surface area contributed by atoms with E-state index in [0.717, 1.165) is 27.2 Å². The van der Waals surface area contributed by atoms with Crippen LogP contribution in [-0.4, -0.2) is 19.2 Å². The van der Waals surface area contributed by atoms with Crippen molar-refractivity contribution in [2.24, 2.45) is 0 Å². The third kappa shape index (κ3) is 2.35. The van der Waals surface area contributed by atoms with Crippen LogP contribution in [-0.2, 0) is 0 Å². The van der Waals surface area contributed by atoms with Crippen LogP contribution in [0.4, 0.5) is 0 Å². The van der Waals surface area contributed by atoms with Gasteiger partial charge in [-0.1, -0.05) is 25.4 Å². The molecule has 0 saturated carbocycles. The fraction of sp³-hybridized carbons (Fsp3) is 0.400. The van der Waals surface area contributed by atoms with E-state index in [4.69, 9.17) is 21.1 Å². The SMILES string of the molecule is COc1cc(OC)c2nc(C)c(C(C)C)c(Cl)c2c1. The predicted molar refractivity (Wildman–Crippen MR) is 78.7 cm³/mol. The summed E-state index contributed by atoms with van der Waals surface area (Å²) in [6.07, 6.45) is 0. The predicted octanol–water partition coefficient (Wildman–Crippen LogP) is 4.34. The molecule has 2 rings (SSSR count). The molecule has 0 aliphatic carbocycles. The molecule has 19 heavy (non-hydrogen) atoms. The van der Waals surface area contributed by atoms with Crippen molar-refractivity contribution in [2.45, 2.75) is 26.7 Å². The fourth-order valence-electron chi connectivity index (χ4n) is 2.34. The van der Waals surface area contributed by atoms with Crippen LogP contribution < -0.4 is 9.47 Å². The Kier molecular flexibility index (Phi) is 3.85. The molecule has 102 valence electrons. The summed E-state index contributed by atoms with van der Waals surface area (Å²) >= 11 is 6.55. The minimum Gasteiger partial charge on any atom is -0.497 e. The Morgan fingerprint density at radius 1 is 1.16 bits per heavy atom. The Labute approximate surface area is 118 Å². The zero-order valence-corrected chi connectivity index (χ0v) is 12.6. The molecule has 1 heterocycles.